The van der Waals surface area contributed by atoms with E-state index in [9.17, 15) is 4.79 Å². The molecule has 2 aromatic heterocycles. The number of carbonyl (C=O) groups is 1. The number of hydrogen-bond acceptors (Lipinski definition) is 5. The third kappa shape index (κ3) is 2.19. The number of nitrogens with zero attached hydrogens (tertiary/aromatic N) is 2. The first kappa shape index (κ1) is 12.5. The van der Waals surface area contributed by atoms with Gasteiger partial charge in [-0.25, -0.2) is 4.98 Å². The molecule has 6 heteroatoms. The summed E-state index contributed by atoms with van der Waals surface area (Å²) in [6, 6.07) is 1.38. The van der Waals surface area contributed by atoms with E-state index in [4.69, 9.17) is 9.63 Å². The lowest BCUT2D eigenvalue weighted by molar-refractivity contribution is 0.0923. The molecule has 96 valence electrons. The van der Waals surface area contributed by atoms with Gasteiger partial charge in [-0.15, -0.1) is 0 Å². The minimum atomic E-state index is -0.304. The zero-order chi connectivity index (χ0) is 13.3. The number of aromatic nitrogens is 2. The number of hydrogen-bond donors (Lipinski definition) is 2. The van der Waals surface area contributed by atoms with E-state index in [0.29, 0.717) is 28.1 Å². The molecule has 0 fully saturated rings. The first-order valence-corrected chi connectivity index (χ1v) is 5.68. The molecule has 0 spiro atoms. The lowest BCUT2D eigenvalue weighted by Crippen LogP contribution is -2.35. The Morgan fingerprint density at radius 1 is 1.56 bits per heavy atom. The van der Waals surface area contributed by atoms with Crippen molar-refractivity contribution in [1.29, 1.82) is 0 Å². The molecule has 6 nitrogen and oxygen atoms in total. The van der Waals surface area contributed by atoms with E-state index in [2.05, 4.69) is 15.5 Å². The van der Waals surface area contributed by atoms with Crippen molar-refractivity contribution < 1.29 is 14.4 Å². The zero-order valence-corrected chi connectivity index (χ0v) is 10.5. The highest BCUT2D eigenvalue weighted by Crippen LogP contribution is 2.21. The van der Waals surface area contributed by atoms with Gasteiger partial charge in [0.25, 0.3) is 11.6 Å². The molecule has 0 aliphatic rings. The van der Waals surface area contributed by atoms with Crippen LogP contribution in [0, 0.1) is 13.8 Å². The SMILES string of the molecule is Cc1cc(C(=O)N[C@@H](C)CO)c2c(C)noc2n1. The van der Waals surface area contributed by atoms with E-state index in [1.165, 1.54) is 0 Å². The summed E-state index contributed by atoms with van der Waals surface area (Å²) in [6.07, 6.45) is 0. The summed E-state index contributed by atoms with van der Waals surface area (Å²) in [5, 5.41) is 16.1. The molecule has 2 heterocycles. The van der Waals surface area contributed by atoms with Gasteiger partial charge in [-0.05, 0) is 26.8 Å². The summed E-state index contributed by atoms with van der Waals surface area (Å²) in [4.78, 5) is 16.3. The molecule has 0 saturated carbocycles. The molecule has 2 rings (SSSR count). The van der Waals surface area contributed by atoms with Crippen LogP contribution in [-0.4, -0.2) is 33.8 Å². The first-order chi connectivity index (χ1) is 8.52. The number of aliphatic hydroxyl groups excluding tert-OH is 1. The van der Waals surface area contributed by atoms with Crippen molar-refractivity contribution in [3.05, 3.63) is 23.0 Å². The predicted octanol–water partition coefficient (Wildman–Crippen LogP) is 0.950. The number of aryl methyl sites for hydroxylation is 2. The van der Waals surface area contributed by atoms with Crippen LogP contribution in [0.15, 0.2) is 10.6 Å². The monoisotopic (exact) mass is 249 g/mol. The smallest absolute Gasteiger partial charge is 0.258 e. The molecule has 0 bridgehead atoms. The standard InChI is InChI=1S/C12H15N3O3/c1-6-4-9(11(17)13-7(2)5-16)10-8(3)15-18-12(10)14-6/h4,7,16H,5H2,1-3H3,(H,13,17)/t7-/m0/s1. The number of fused-ring (bicyclic) bond motifs is 1. The Bertz CT molecular complexity index is 592. The van der Waals surface area contributed by atoms with Gasteiger partial charge >= 0.3 is 0 Å². The minimum absolute atomic E-state index is 0.110. The zero-order valence-electron chi connectivity index (χ0n) is 10.5. The number of rotatable bonds is 3. The predicted molar refractivity (Wildman–Crippen MR) is 65.3 cm³/mol. The summed E-state index contributed by atoms with van der Waals surface area (Å²) in [6.45, 7) is 5.16. The maximum atomic E-state index is 12.1. The molecule has 0 radical (unpaired) electrons. The fourth-order valence-corrected chi connectivity index (χ4v) is 1.74. The number of nitrogens with one attached hydrogen (secondary N) is 1. The highest BCUT2D eigenvalue weighted by Gasteiger charge is 2.18. The van der Waals surface area contributed by atoms with Crippen LogP contribution in [0.4, 0.5) is 0 Å². The lowest BCUT2D eigenvalue weighted by atomic mass is 10.1. The molecule has 1 atom stereocenters. The average molecular weight is 249 g/mol. The summed E-state index contributed by atoms with van der Waals surface area (Å²) in [7, 11) is 0. The molecule has 0 unspecified atom stereocenters. The van der Waals surface area contributed by atoms with Gasteiger partial charge in [-0.3, -0.25) is 4.79 Å². The van der Waals surface area contributed by atoms with Gasteiger partial charge in [0.05, 0.1) is 23.3 Å². The van der Waals surface area contributed by atoms with Crippen molar-refractivity contribution in [3.8, 4) is 0 Å². The van der Waals surface area contributed by atoms with Gasteiger partial charge < -0.3 is 14.9 Å². The third-order valence-corrected chi connectivity index (χ3v) is 2.64. The average Bonchev–Trinajstić information content (AvgIpc) is 2.69. The minimum Gasteiger partial charge on any atom is -0.394 e. The van der Waals surface area contributed by atoms with Gasteiger partial charge in [0, 0.05) is 11.7 Å². The fraction of sp³-hybridized carbons (Fsp3) is 0.417. The molecular weight excluding hydrogens is 234 g/mol. The summed E-state index contributed by atoms with van der Waals surface area (Å²) < 4.78 is 5.06. The largest absolute Gasteiger partial charge is 0.394 e. The van der Waals surface area contributed by atoms with Crippen LogP contribution in [0.25, 0.3) is 11.1 Å². The van der Waals surface area contributed by atoms with Crippen molar-refractivity contribution in [2.75, 3.05) is 6.61 Å². The second kappa shape index (κ2) is 4.73. The second-order valence-electron chi connectivity index (χ2n) is 4.32. The molecule has 1 amide bonds. The van der Waals surface area contributed by atoms with Gasteiger partial charge in [-0.1, -0.05) is 5.16 Å². The van der Waals surface area contributed by atoms with Crippen molar-refractivity contribution in [1.82, 2.24) is 15.5 Å². The summed E-state index contributed by atoms with van der Waals surface area (Å²) in [5.74, 6) is -0.265. The number of pyridine rings is 1. The van der Waals surface area contributed by atoms with Crippen LogP contribution in [0.2, 0.25) is 0 Å². The maximum Gasteiger partial charge on any atom is 0.258 e. The van der Waals surface area contributed by atoms with Crippen LogP contribution < -0.4 is 5.32 Å². The van der Waals surface area contributed by atoms with E-state index in [1.54, 1.807) is 26.8 Å². The summed E-state index contributed by atoms with van der Waals surface area (Å²) >= 11 is 0. The van der Waals surface area contributed by atoms with E-state index in [-0.39, 0.29) is 18.6 Å². The maximum absolute atomic E-state index is 12.1. The Hall–Kier alpha value is -1.95. The van der Waals surface area contributed by atoms with Crippen molar-refractivity contribution in [3.63, 3.8) is 0 Å². The highest BCUT2D eigenvalue weighted by molar-refractivity contribution is 6.06. The molecule has 2 N–H and O–H groups in total. The van der Waals surface area contributed by atoms with Crippen LogP contribution in [0.5, 0.6) is 0 Å². The van der Waals surface area contributed by atoms with Crippen LogP contribution in [0.3, 0.4) is 0 Å². The van der Waals surface area contributed by atoms with Gasteiger partial charge in [-0.2, -0.15) is 0 Å². The third-order valence-electron chi connectivity index (χ3n) is 2.64. The Morgan fingerprint density at radius 2 is 2.28 bits per heavy atom. The van der Waals surface area contributed by atoms with Gasteiger partial charge in [0.15, 0.2) is 0 Å². The molecular formula is C12H15N3O3. The fourth-order valence-electron chi connectivity index (χ4n) is 1.74. The van der Waals surface area contributed by atoms with Crippen molar-refractivity contribution in [2.24, 2.45) is 0 Å². The molecule has 18 heavy (non-hydrogen) atoms. The van der Waals surface area contributed by atoms with Gasteiger partial charge in [0.1, 0.15) is 0 Å². The highest BCUT2D eigenvalue weighted by atomic mass is 16.5. The van der Waals surface area contributed by atoms with Crippen LogP contribution in [0.1, 0.15) is 28.7 Å². The Balaban J connectivity index is 2.49. The Kier molecular flexibility index (Phi) is 3.29. The van der Waals surface area contributed by atoms with Crippen LogP contribution >= 0.6 is 0 Å². The summed E-state index contributed by atoms with van der Waals surface area (Å²) in [5.41, 5.74) is 2.13. The molecule has 0 aromatic carbocycles. The second-order valence-corrected chi connectivity index (χ2v) is 4.32. The molecule has 0 saturated heterocycles. The number of aliphatic hydroxyl groups is 1. The number of carbonyl (C=O) groups excluding carboxylic acids is 1. The lowest BCUT2D eigenvalue weighted by Gasteiger charge is -2.11. The van der Waals surface area contributed by atoms with E-state index < -0.39 is 0 Å². The topological polar surface area (TPSA) is 88.2 Å². The van der Waals surface area contributed by atoms with E-state index >= 15 is 0 Å². The normalized spacial score (nSPS) is 12.7. The quantitative estimate of drug-likeness (QED) is 0.845. The molecule has 0 aliphatic carbocycles. The first-order valence-electron chi connectivity index (χ1n) is 5.68. The van der Waals surface area contributed by atoms with Gasteiger partial charge in [0.2, 0.25) is 0 Å². The number of amides is 1. The van der Waals surface area contributed by atoms with Crippen LogP contribution in [-0.2, 0) is 0 Å². The molecule has 2 aromatic rings. The Morgan fingerprint density at radius 3 is 2.94 bits per heavy atom. The van der Waals surface area contributed by atoms with E-state index in [0.717, 1.165) is 0 Å². The van der Waals surface area contributed by atoms with E-state index in [1.807, 2.05) is 0 Å². The Labute approximate surface area is 104 Å². The molecule has 0 aliphatic heterocycles. The van der Waals surface area contributed by atoms with Crippen molar-refractivity contribution in [2.45, 2.75) is 26.8 Å². The van der Waals surface area contributed by atoms with Crippen molar-refractivity contribution >= 4 is 17.0 Å².